The van der Waals surface area contributed by atoms with Crippen molar-refractivity contribution in [2.24, 2.45) is 0 Å². The highest BCUT2D eigenvalue weighted by molar-refractivity contribution is 5.63. The predicted octanol–water partition coefficient (Wildman–Crippen LogP) is 1.91. The van der Waals surface area contributed by atoms with E-state index in [-0.39, 0.29) is 0 Å². The van der Waals surface area contributed by atoms with Gasteiger partial charge in [0.25, 0.3) is 0 Å². The van der Waals surface area contributed by atoms with Gasteiger partial charge in [-0.15, -0.1) is 0 Å². The van der Waals surface area contributed by atoms with Crippen LogP contribution >= 0.6 is 0 Å². The molecule has 0 fully saturated rings. The van der Waals surface area contributed by atoms with Crippen LogP contribution < -0.4 is 10.9 Å². The van der Waals surface area contributed by atoms with Gasteiger partial charge in [-0.25, -0.2) is 10.2 Å². The molecule has 0 aromatic heterocycles. The second-order valence-corrected chi connectivity index (χ2v) is 3.03. The van der Waals surface area contributed by atoms with Crippen LogP contribution in [0, 0.1) is 0 Å². The van der Waals surface area contributed by atoms with Gasteiger partial charge >= 0.3 is 6.09 Å². The van der Waals surface area contributed by atoms with Crippen molar-refractivity contribution >= 4 is 6.09 Å². The number of carboxylic acid groups (broad SMARTS) is 1. The van der Waals surface area contributed by atoms with E-state index in [1.165, 1.54) is 0 Å². The molecule has 80 valence electrons. The monoisotopic (exact) mass is 206 g/mol. The number of benzene rings is 1. The number of nitrogens with one attached hydrogen (secondary N) is 2. The Morgan fingerprint density at radius 3 is 2.53 bits per heavy atom. The van der Waals surface area contributed by atoms with E-state index < -0.39 is 6.09 Å². The van der Waals surface area contributed by atoms with Gasteiger partial charge in [0.1, 0.15) is 0 Å². The number of carbonyl (C=O) groups is 1. The third-order valence-corrected chi connectivity index (χ3v) is 1.92. The number of hydrazine groups is 1. The molecule has 1 amide bonds. The Morgan fingerprint density at radius 1 is 1.33 bits per heavy atom. The average molecular weight is 206 g/mol. The summed E-state index contributed by atoms with van der Waals surface area (Å²) in [6.07, 6.45) is 1.42. The van der Waals surface area contributed by atoms with Crippen molar-refractivity contribution in [3.8, 4) is 0 Å². The molecule has 0 aliphatic carbocycles. The van der Waals surface area contributed by atoms with Crippen molar-refractivity contribution in [3.63, 3.8) is 0 Å². The summed E-state index contributed by atoms with van der Waals surface area (Å²) >= 11 is 0. The zero-order valence-electron chi connectivity index (χ0n) is 8.53. The Labute approximate surface area is 88.6 Å². The van der Waals surface area contributed by atoms with Crippen LogP contribution in [0.5, 0.6) is 0 Å². The highest BCUT2D eigenvalue weighted by atomic mass is 16.4. The predicted molar refractivity (Wildman–Crippen MR) is 58.2 cm³/mol. The van der Waals surface area contributed by atoms with E-state index >= 15 is 0 Å². The summed E-state index contributed by atoms with van der Waals surface area (Å²) in [5.41, 5.74) is 6.70. The smallest absolute Gasteiger partial charge is 0.423 e. The van der Waals surface area contributed by atoms with Crippen molar-refractivity contribution in [1.82, 2.24) is 10.9 Å². The zero-order chi connectivity index (χ0) is 11.1. The number of hydrogen-bond donors (Lipinski definition) is 3. The Kier molecular flexibility index (Phi) is 4.22. The van der Waals surface area contributed by atoms with Gasteiger partial charge in [-0.05, 0) is 12.5 Å². The third-order valence-electron chi connectivity index (χ3n) is 1.92. The normalized spacial score (nSPS) is 10.9. The van der Waals surface area contributed by atoms with Gasteiger partial charge in [0.2, 0.25) is 0 Å². The molecule has 0 unspecified atom stereocenters. The Bertz CT molecular complexity index is 347. The van der Waals surface area contributed by atoms with E-state index in [9.17, 15) is 4.79 Å². The SMILES string of the molecule is C/C=C(\Cc1ccccc1)NNC(=O)O. The quantitative estimate of drug-likeness (QED) is 0.659. The molecule has 4 nitrogen and oxygen atoms in total. The third kappa shape index (κ3) is 4.17. The van der Waals surface area contributed by atoms with Crippen molar-refractivity contribution in [1.29, 1.82) is 0 Å². The van der Waals surface area contributed by atoms with E-state index in [1.54, 1.807) is 0 Å². The summed E-state index contributed by atoms with van der Waals surface area (Å²) in [5.74, 6) is 0. The number of hydrogen-bond acceptors (Lipinski definition) is 2. The second kappa shape index (κ2) is 5.70. The van der Waals surface area contributed by atoms with E-state index in [1.807, 2.05) is 43.3 Å². The first-order valence-electron chi connectivity index (χ1n) is 4.66. The largest absolute Gasteiger partial charge is 0.464 e. The Balaban J connectivity index is 2.52. The Hall–Kier alpha value is -1.97. The minimum Gasteiger partial charge on any atom is -0.464 e. The molecular weight excluding hydrogens is 192 g/mol. The molecule has 0 aliphatic heterocycles. The molecule has 4 heteroatoms. The van der Waals surface area contributed by atoms with E-state index in [2.05, 4.69) is 10.9 Å². The lowest BCUT2D eigenvalue weighted by atomic mass is 10.1. The lowest BCUT2D eigenvalue weighted by Gasteiger charge is -2.09. The van der Waals surface area contributed by atoms with Crippen molar-refractivity contribution in [2.75, 3.05) is 0 Å². The summed E-state index contributed by atoms with van der Waals surface area (Å²) in [7, 11) is 0. The number of rotatable bonds is 4. The molecule has 3 N–H and O–H groups in total. The molecule has 0 saturated carbocycles. The molecule has 0 aliphatic rings. The van der Waals surface area contributed by atoms with Gasteiger partial charge in [0.05, 0.1) is 0 Å². The van der Waals surface area contributed by atoms with E-state index in [0.717, 1.165) is 11.3 Å². The fraction of sp³-hybridized carbons (Fsp3) is 0.182. The molecule has 1 aromatic rings. The topological polar surface area (TPSA) is 61.4 Å². The summed E-state index contributed by atoms with van der Waals surface area (Å²) in [6.45, 7) is 1.86. The molecule has 0 radical (unpaired) electrons. The maximum Gasteiger partial charge on any atom is 0.423 e. The van der Waals surface area contributed by atoms with E-state index in [0.29, 0.717) is 6.42 Å². The molecule has 0 heterocycles. The first-order chi connectivity index (χ1) is 7.22. The highest BCUT2D eigenvalue weighted by Crippen LogP contribution is 2.04. The fourth-order valence-corrected chi connectivity index (χ4v) is 1.17. The molecular formula is C11H14N2O2. The Morgan fingerprint density at radius 2 is 2.00 bits per heavy atom. The van der Waals surface area contributed by atoms with E-state index in [4.69, 9.17) is 5.11 Å². The van der Waals surface area contributed by atoms with Crippen LogP contribution in [0.3, 0.4) is 0 Å². The molecule has 1 aromatic carbocycles. The summed E-state index contributed by atoms with van der Waals surface area (Å²) in [4.78, 5) is 10.3. The van der Waals surface area contributed by atoms with Crippen molar-refractivity contribution < 1.29 is 9.90 Å². The summed E-state index contributed by atoms with van der Waals surface area (Å²) in [5, 5.41) is 8.42. The van der Waals surface area contributed by atoms with Gasteiger partial charge in [-0.1, -0.05) is 36.4 Å². The average Bonchev–Trinajstić information content (AvgIpc) is 2.25. The molecule has 0 saturated heterocycles. The minimum atomic E-state index is -1.09. The zero-order valence-corrected chi connectivity index (χ0v) is 8.53. The number of amides is 1. The lowest BCUT2D eigenvalue weighted by molar-refractivity contribution is 0.190. The van der Waals surface area contributed by atoms with Crippen LogP contribution in [0.1, 0.15) is 12.5 Å². The highest BCUT2D eigenvalue weighted by Gasteiger charge is 1.99. The van der Waals surface area contributed by atoms with Crippen LogP contribution in [0.4, 0.5) is 4.79 Å². The van der Waals surface area contributed by atoms with Crippen LogP contribution in [0.15, 0.2) is 42.1 Å². The van der Waals surface area contributed by atoms with Crippen LogP contribution in [-0.2, 0) is 6.42 Å². The van der Waals surface area contributed by atoms with Crippen LogP contribution in [0.25, 0.3) is 0 Å². The van der Waals surface area contributed by atoms with Gasteiger partial charge in [0, 0.05) is 12.1 Å². The van der Waals surface area contributed by atoms with Gasteiger partial charge < -0.3 is 5.11 Å². The maximum absolute atomic E-state index is 10.3. The first kappa shape index (κ1) is 11.1. The van der Waals surface area contributed by atoms with Crippen LogP contribution in [-0.4, -0.2) is 11.2 Å². The minimum absolute atomic E-state index is 0.678. The summed E-state index contributed by atoms with van der Waals surface area (Å²) < 4.78 is 0. The first-order valence-corrected chi connectivity index (χ1v) is 4.66. The maximum atomic E-state index is 10.3. The molecule has 15 heavy (non-hydrogen) atoms. The van der Waals surface area contributed by atoms with Crippen molar-refractivity contribution in [2.45, 2.75) is 13.3 Å². The molecule has 0 bridgehead atoms. The fourth-order valence-electron chi connectivity index (χ4n) is 1.17. The number of allylic oxidation sites excluding steroid dienone is 2. The van der Waals surface area contributed by atoms with Gasteiger partial charge in [-0.3, -0.25) is 5.43 Å². The van der Waals surface area contributed by atoms with Crippen LogP contribution in [0.2, 0.25) is 0 Å². The molecule has 0 atom stereocenters. The lowest BCUT2D eigenvalue weighted by Crippen LogP contribution is -2.36. The summed E-state index contributed by atoms with van der Waals surface area (Å²) in [6, 6.07) is 9.83. The molecule has 0 spiro atoms. The van der Waals surface area contributed by atoms with Gasteiger partial charge in [-0.2, -0.15) is 0 Å². The standard InChI is InChI=1S/C11H14N2O2/c1-2-10(12-13-11(14)15)8-9-6-4-3-5-7-9/h2-7,12-13H,8H2,1H3,(H,14,15)/b10-2+. The second-order valence-electron chi connectivity index (χ2n) is 3.03. The van der Waals surface area contributed by atoms with Gasteiger partial charge in [0.15, 0.2) is 0 Å². The van der Waals surface area contributed by atoms with Crippen molar-refractivity contribution in [3.05, 3.63) is 47.7 Å². The molecule has 1 rings (SSSR count).